The van der Waals surface area contributed by atoms with E-state index in [-0.39, 0.29) is 0 Å². The zero-order chi connectivity index (χ0) is 8.84. The Kier molecular flexibility index (Phi) is 1.60. The third-order valence-electron chi connectivity index (χ3n) is 3.18. The molecule has 2 bridgehead atoms. The number of fused-ring (bicyclic) bond motifs is 2. The molecule has 2 aliphatic rings. The fraction of sp³-hybridized carbons (Fsp3) is 0.667. The number of likely N-dealkylation sites (tertiary alicyclic amines) is 1. The maximum absolute atomic E-state index is 4.37. The summed E-state index contributed by atoms with van der Waals surface area (Å²) in [6.07, 6.45) is 3.23. The second-order valence-corrected chi connectivity index (χ2v) is 4.82. The van der Waals surface area contributed by atoms with Gasteiger partial charge in [-0.2, -0.15) is 0 Å². The largest absolute Gasteiger partial charge is 0.342 e. The van der Waals surface area contributed by atoms with Gasteiger partial charge in [0.15, 0.2) is 5.13 Å². The number of hydrogen-bond donors (Lipinski definition) is 0. The molecule has 3 rings (SSSR count). The van der Waals surface area contributed by atoms with Crippen molar-refractivity contribution in [2.75, 3.05) is 25.0 Å². The van der Waals surface area contributed by atoms with Crippen LogP contribution in [0.5, 0.6) is 0 Å². The quantitative estimate of drug-likeness (QED) is 0.667. The summed E-state index contributed by atoms with van der Waals surface area (Å²) < 4.78 is 0. The van der Waals surface area contributed by atoms with Crippen LogP contribution in [0.1, 0.15) is 6.42 Å². The molecule has 3 heterocycles. The summed E-state index contributed by atoms with van der Waals surface area (Å²) in [5, 5.41) is 3.27. The molecule has 3 nitrogen and oxygen atoms in total. The predicted molar refractivity (Wildman–Crippen MR) is 54.3 cm³/mol. The summed E-state index contributed by atoms with van der Waals surface area (Å²) in [5.74, 6) is 0. The summed E-state index contributed by atoms with van der Waals surface area (Å²) in [6, 6.07) is 1.50. The number of aromatic nitrogens is 1. The van der Waals surface area contributed by atoms with Gasteiger partial charge in [-0.25, -0.2) is 4.98 Å². The third-order valence-corrected chi connectivity index (χ3v) is 3.99. The van der Waals surface area contributed by atoms with E-state index in [4.69, 9.17) is 0 Å². The van der Waals surface area contributed by atoms with Gasteiger partial charge in [-0.1, -0.05) is 0 Å². The zero-order valence-corrected chi connectivity index (χ0v) is 8.50. The molecular formula is C9H13N3S. The molecule has 13 heavy (non-hydrogen) atoms. The van der Waals surface area contributed by atoms with Gasteiger partial charge < -0.3 is 4.90 Å². The molecule has 0 radical (unpaired) electrons. The molecule has 2 aliphatic heterocycles. The highest BCUT2D eigenvalue weighted by Crippen LogP contribution is 2.34. The highest BCUT2D eigenvalue weighted by atomic mass is 32.1. The van der Waals surface area contributed by atoms with E-state index in [1.165, 1.54) is 24.6 Å². The van der Waals surface area contributed by atoms with E-state index >= 15 is 0 Å². The highest BCUT2D eigenvalue weighted by Gasteiger charge is 2.42. The van der Waals surface area contributed by atoms with Crippen molar-refractivity contribution in [2.45, 2.75) is 18.5 Å². The molecule has 1 aromatic rings. The lowest BCUT2D eigenvalue weighted by atomic mass is 10.2. The Balaban J connectivity index is 1.84. The lowest BCUT2D eigenvalue weighted by Gasteiger charge is -2.31. The average molecular weight is 195 g/mol. The molecule has 0 saturated carbocycles. The summed E-state index contributed by atoms with van der Waals surface area (Å²) in [6.45, 7) is 2.39. The Morgan fingerprint density at radius 3 is 2.92 bits per heavy atom. The summed E-state index contributed by atoms with van der Waals surface area (Å²) in [7, 11) is 2.23. The molecule has 1 aromatic heterocycles. The van der Waals surface area contributed by atoms with Crippen molar-refractivity contribution >= 4 is 16.5 Å². The molecule has 4 heteroatoms. The maximum Gasteiger partial charge on any atom is 0.185 e. The van der Waals surface area contributed by atoms with Crippen LogP contribution in [-0.2, 0) is 0 Å². The van der Waals surface area contributed by atoms with Crippen LogP contribution >= 0.6 is 11.3 Å². The van der Waals surface area contributed by atoms with E-state index in [0.29, 0.717) is 0 Å². The zero-order valence-electron chi connectivity index (χ0n) is 7.68. The second kappa shape index (κ2) is 2.69. The molecule has 2 saturated heterocycles. The van der Waals surface area contributed by atoms with Crippen LogP contribution in [0.15, 0.2) is 11.6 Å². The van der Waals surface area contributed by atoms with Gasteiger partial charge in [0.25, 0.3) is 0 Å². The first-order valence-corrected chi connectivity index (χ1v) is 5.59. The molecule has 0 aromatic carbocycles. The topological polar surface area (TPSA) is 19.4 Å². The SMILES string of the molecule is CN1CC2C[C@H]1CN2c1nccs1. The lowest BCUT2D eigenvalue weighted by Crippen LogP contribution is -2.44. The molecule has 0 spiro atoms. The van der Waals surface area contributed by atoms with Crippen molar-refractivity contribution < 1.29 is 0 Å². The van der Waals surface area contributed by atoms with E-state index in [1.807, 2.05) is 6.20 Å². The van der Waals surface area contributed by atoms with Gasteiger partial charge in [-0.3, -0.25) is 4.90 Å². The monoisotopic (exact) mass is 195 g/mol. The van der Waals surface area contributed by atoms with Crippen molar-refractivity contribution in [1.29, 1.82) is 0 Å². The van der Waals surface area contributed by atoms with Crippen LogP contribution in [0.25, 0.3) is 0 Å². The van der Waals surface area contributed by atoms with Crippen LogP contribution in [0.2, 0.25) is 0 Å². The van der Waals surface area contributed by atoms with Crippen LogP contribution in [0, 0.1) is 0 Å². The van der Waals surface area contributed by atoms with Crippen LogP contribution < -0.4 is 4.90 Å². The van der Waals surface area contributed by atoms with Gasteiger partial charge in [0, 0.05) is 36.8 Å². The van der Waals surface area contributed by atoms with E-state index in [0.717, 1.165) is 12.1 Å². The van der Waals surface area contributed by atoms with Crippen molar-refractivity contribution in [3.8, 4) is 0 Å². The third kappa shape index (κ3) is 1.09. The van der Waals surface area contributed by atoms with Crippen molar-refractivity contribution in [3.05, 3.63) is 11.6 Å². The van der Waals surface area contributed by atoms with E-state index in [1.54, 1.807) is 11.3 Å². The van der Waals surface area contributed by atoms with Gasteiger partial charge in [-0.15, -0.1) is 11.3 Å². The van der Waals surface area contributed by atoms with Gasteiger partial charge in [0.05, 0.1) is 0 Å². The minimum atomic E-state index is 0.723. The first-order chi connectivity index (χ1) is 6.34. The molecule has 0 amide bonds. The lowest BCUT2D eigenvalue weighted by molar-refractivity contribution is 0.292. The Hall–Kier alpha value is -0.610. The molecule has 70 valence electrons. The number of nitrogens with zero attached hydrogens (tertiary/aromatic N) is 3. The summed E-state index contributed by atoms with van der Waals surface area (Å²) in [5.41, 5.74) is 0. The van der Waals surface area contributed by atoms with Crippen molar-refractivity contribution in [3.63, 3.8) is 0 Å². The van der Waals surface area contributed by atoms with Gasteiger partial charge in [0.1, 0.15) is 0 Å². The van der Waals surface area contributed by atoms with Gasteiger partial charge in [0.2, 0.25) is 0 Å². The minimum absolute atomic E-state index is 0.723. The number of thiazole rings is 1. The fourth-order valence-electron chi connectivity index (χ4n) is 2.46. The average Bonchev–Trinajstić information content (AvgIpc) is 2.75. The van der Waals surface area contributed by atoms with E-state index in [2.05, 4.69) is 27.2 Å². The fourth-order valence-corrected chi connectivity index (χ4v) is 3.18. The summed E-state index contributed by atoms with van der Waals surface area (Å²) >= 11 is 1.76. The number of rotatable bonds is 1. The number of piperazine rings is 1. The Morgan fingerprint density at radius 2 is 2.38 bits per heavy atom. The maximum atomic E-state index is 4.37. The molecule has 0 N–H and O–H groups in total. The first-order valence-electron chi connectivity index (χ1n) is 4.71. The second-order valence-electron chi connectivity index (χ2n) is 3.95. The molecular weight excluding hydrogens is 182 g/mol. The smallest absolute Gasteiger partial charge is 0.185 e. The summed E-state index contributed by atoms with van der Waals surface area (Å²) in [4.78, 5) is 9.30. The minimum Gasteiger partial charge on any atom is -0.342 e. The molecule has 1 unspecified atom stereocenters. The van der Waals surface area contributed by atoms with E-state index in [9.17, 15) is 0 Å². The molecule has 2 atom stereocenters. The Labute approximate surface area is 82.0 Å². The van der Waals surface area contributed by atoms with E-state index < -0.39 is 0 Å². The van der Waals surface area contributed by atoms with Crippen molar-refractivity contribution in [1.82, 2.24) is 9.88 Å². The Bertz CT molecular complexity index is 296. The standard InChI is InChI=1S/C9H13N3S/c1-11-5-8-4-7(11)6-12(8)9-10-2-3-13-9/h2-3,7-8H,4-6H2,1H3/t7-,8?/m0/s1. The first kappa shape index (κ1) is 7.76. The normalized spacial score (nSPS) is 33.2. The number of hydrogen-bond acceptors (Lipinski definition) is 4. The van der Waals surface area contributed by atoms with Gasteiger partial charge in [-0.05, 0) is 13.5 Å². The van der Waals surface area contributed by atoms with Crippen LogP contribution in [-0.4, -0.2) is 42.1 Å². The highest BCUT2D eigenvalue weighted by molar-refractivity contribution is 7.13. The molecule has 2 fully saturated rings. The number of anilines is 1. The predicted octanol–water partition coefficient (Wildman–Crippen LogP) is 1.04. The Morgan fingerprint density at radius 1 is 1.46 bits per heavy atom. The number of likely N-dealkylation sites (N-methyl/N-ethyl adjacent to an activating group) is 1. The van der Waals surface area contributed by atoms with Gasteiger partial charge >= 0.3 is 0 Å². The van der Waals surface area contributed by atoms with Crippen LogP contribution in [0.3, 0.4) is 0 Å². The van der Waals surface area contributed by atoms with Crippen molar-refractivity contribution in [2.24, 2.45) is 0 Å². The van der Waals surface area contributed by atoms with Crippen LogP contribution in [0.4, 0.5) is 5.13 Å². The molecule has 0 aliphatic carbocycles.